The second-order valence-corrected chi connectivity index (χ2v) is 5.76. The van der Waals surface area contributed by atoms with Crippen LogP contribution in [0.4, 0.5) is 13.2 Å². The third kappa shape index (κ3) is 3.90. The van der Waals surface area contributed by atoms with Crippen LogP contribution in [0.3, 0.4) is 0 Å². The Balaban J connectivity index is 2.53. The molecule has 1 unspecified atom stereocenters. The summed E-state index contributed by atoms with van der Waals surface area (Å²) in [7, 11) is 1.40. The molecule has 2 rings (SSSR count). The molecule has 1 atom stereocenters. The molecule has 0 saturated heterocycles. The number of hydrogen-bond donors (Lipinski definition) is 2. The van der Waals surface area contributed by atoms with Gasteiger partial charge in [-0.3, -0.25) is 9.59 Å². The van der Waals surface area contributed by atoms with Crippen molar-refractivity contribution in [1.29, 1.82) is 0 Å². The fourth-order valence-electron chi connectivity index (χ4n) is 2.56. The monoisotopic (exact) mass is 354 g/mol. The van der Waals surface area contributed by atoms with Crippen LogP contribution in [0, 0.1) is 6.92 Å². The van der Waals surface area contributed by atoms with E-state index in [9.17, 15) is 22.8 Å². The molecule has 2 aromatic rings. The number of nitrogens with zero attached hydrogens (tertiary/aromatic N) is 1. The molecule has 0 aliphatic heterocycles. The molecule has 0 radical (unpaired) electrons. The zero-order valence-electron chi connectivity index (χ0n) is 13.6. The number of carbonyl (C=O) groups is 1. The summed E-state index contributed by atoms with van der Waals surface area (Å²) < 4.78 is 41.2. The standard InChI is InChI=1S/C17H17F3N2O3/c1-9-15(12(17(18,19)20)8-14(23)22(9)2)11-5-3-10(4-6-11)7-13(21)16(24)25/h3-6,8,13H,7,21H2,1-2H3,(H,24,25). The first-order valence-electron chi connectivity index (χ1n) is 7.38. The highest BCUT2D eigenvalue weighted by Gasteiger charge is 2.35. The van der Waals surface area contributed by atoms with Crippen LogP contribution in [0.5, 0.6) is 0 Å². The van der Waals surface area contributed by atoms with Crippen LogP contribution < -0.4 is 11.3 Å². The normalized spacial score (nSPS) is 12.9. The van der Waals surface area contributed by atoms with Crippen molar-refractivity contribution >= 4 is 5.97 Å². The summed E-state index contributed by atoms with van der Waals surface area (Å²) >= 11 is 0. The first-order valence-corrected chi connectivity index (χ1v) is 7.38. The van der Waals surface area contributed by atoms with Crippen molar-refractivity contribution in [2.75, 3.05) is 0 Å². The molecule has 1 aromatic carbocycles. The Labute approximate surface area is 141 Å². The summed E-state index contributed by atoms with van der Waals surface area (Å²) in [5.41, 5.74) is 4.70. The lowest BCUT2D eigenvalue weighted by Gasteiger charge is -2.18. The lowest BCUT2D eigenvalue weighted by molar-refractivity contribution is -0.138. The Bertz CT molecular complexity index is 855. The van der Waals surface area contributed by atoms with Gasteiger partial charge in [0, 0.05) is 24.4 Å². The van der Waals surface area contributed by atoms with E-state index in [4.69, 9.17) is 10.8 Å². The molecule has 25 heavy (non-hydrogen) atoms. The molecule has 0 fully saturated rings. The lowest BCUT2D eigenvalue weighted by atomic mass is 9.96. The largest absolute Gasteiger partial charge is 0.480 e. The molecule has 0 bridgehead atoms. The molecule has 0 spiro atoms. The molecule has 5 nitrogen and oxygen atoms in total. The van der Waals surface area contributed by atoms with Crippen LogP contribution in [0.25, 0.3) is 11.1 Å². The SMILES string of the molecule is Cc1c(-c2ccc(CC(N)C(=O)O)cc2)c(C(F)(F)F)cc(=O)n1C. The maximum atomic E-state index is 13.3. The fraction of sp³-hybridized carbons (Fsp3) is 0.294. The summed E-state index contributed by atoms with van der Waals surface area (Å²) in [6.07, 6.45) is -4.61. The summed E-state index contributed by atoms with van der Waals surface area (Å²) in [6, 6.07) is 5.48. The average Bonchev–Trinajstić information content (AvgIpc) is 2.52. The van der Waals surface area contributed by atoms with Crippen LogP contribution in [0.15, 0.2) is 35.1 Å². The summed E-state index contributed by atoms with van der Waals surface area (Å²) in [6.45, 7) is 1.44. The van der Waals surface area contributed by atoms with Crippen LogP contribution in [-0.2, 0) is 24.4 Å². The smallest absolute Gasteiger partial charge is 0.417 e. The molecule has 0 aliphatic rings. The molecule has 0 saturated carbocycles. The van der Waals surface area contributed by atoms with E-state index in [0.29, 0.717) is 11.6 Å². The van der Waals surface area contributed by atoms with Gasteiger partial charge in [0.2, 0.25) is 0 Å². The van der Waals surface area contributed by atoms with Crippen molar-refractivity contribution in [3.63, 3.8) is 0 Å². The Morgan fingerprint density at radius 2 is 1.84 bits per heavy atom. The lowest BCUT2D eigenvalue weighted by Crippen LogP contribution is -2.32. The van der Waals surface area contributed by atoms with E-state index in [2.05, 4.69) is 0 Å². The first-order chi connectivity index (χ1) is 11.5. The van der Waals surface area contributed by atoms with Crippen molar-refractivity contribution in [1.82, 2.24) is 4.57 Å². The second-order valence-electron chi connectivity index (χ2n) is 5.76. The van der Waals surface area contributed by atoms with Gasteiger partial charge in [-0.1, -0.05) is 24.3 Å². The van der Waals surface area contributed by atoms with Crippen molar-refractivity contribution < 1.29 is 23.1 Å². The maximum Gasteiger partial charge on any atom is 0.417 e. The van der Waals surface area contributed by atoms with Gasteiger partial charge in [0.25, 0.3) is 5.56 Å². The molecule has 1 aromatic heterocycles. The number of alkyl halides is 3. The number of aliphatic carboxylic acids is 1. The Morgan fingerprint density at radius 3 is 2.32 bits per heavy atom. The number of carboxylic acids is 1. The Morgan fingerprint density at radius 1 is 1.28 bits per heavy atom. The molecule has 3 N–H and O–H groups in total. The number of halogens is 3. The second kappa shape index (κ2) is 6.72. The predicted molar refractivity (Wildman–Crippen MR) is 86.2 cm³/mol. The summed E-state index contributed by atoms with van der Waals surface area (Å²) in [5, 5.41) is 8.81. The number of aromatic nitrogens is 1. The van der Waals surface area contributed by atoms with Crippen LogP contribution >= 0.6 is 0 Å². The molecule has 0 amide bonds. The van der Waals surface area contributed by atoms with Gasteiger partial charge in [-0.05, 0) is 24.5 Å². The third-order valence-corrected chi connectivity index (χ3v) is 4.05. The molecule has 0 aliphatic carbocycles. The van der Waals surface area contributed by atoms with Crippen LogP contribution in [0.2, 0.25) is 0 Å². The van der Waals surface area contributed by atoms with E-state index < -0.39 is 29.3 Å². The minimum Gasteiger partial charge on any atom is -0.480 e. The minimum atomic E-state index is -4.67. The van der Waals surface area contributed by atoms with E-state index >= 15 is 0 Å². The highest BCUT2D eigenvalue weighted by Crippen LogP contribution is 2.37. The van der Waals surface area contributed by atoms with Gasteiger partial charge in [0.15, 0.2) is 0 Å². The van der Waals surface area contributed by atoms with Gasteiger partial charge >= 0.3 is 12.1 Å². The Hall–Kier alpha value is -2.61. The summed E-state index contributed by atoms with van der Waals surface area (Å²) in [4.78, 5) is 22.5. The molecular weight excluding hydrogens is 337 g/mol. The van der Waals surface area contributed by atoms with Gasteiger partial charge in [-0.25, -0.2) is 0 Å². The third-order valence-electron chi connectivity index (χ3n) is 4.05. The van der Waals surface area contributed by atoms with Crippen molar-refractivity contribution in [2.45, 2.75) is 25.6 Å². The van der Waals surface area contributed by atoms with Gasteiger partial charge in [-0.15, -0.1) is 0 Å². The van der Waals surface area contributed by atoms with E-state index in [1.165, 1.54) is 38.2 Å². The highest BCUT2D eigenvalue weighted by atomic mass is 19.4. The van der Waals surface area contributed by atoms with E-state index in [1.54, 1.807) is 0 Å². The number of rotatable bonds is 4. The number of nitrogens with two attached hydrogens (primary N) is 1. The zero-order chi connectivity index (χ0) is 18.9. The van der Waals surface area contributed by atoms with Crippen molar-refractivity contribution in [2.24, 2.45) is 12.8 Å². The van der Waals surface area contributed by atoms with E-state index in [1.807, 2.05) is 0 Å². The fourth-order valence-corrected chi connectivity index (χ4v) is 2.56. The number of pyridine rings is 1. The van der Waals surface area contributed by atoms with Gasteiger partial charge < -0.3 is 15.4 Å². The first kappa shape index (κ1) is 18.7. The summed E-state index contributed by atoms with van der Waals surface area (Å²) in [5.74, 6) is -1.16. The molecule has 8 heteroatoms. The van der Waals surface area contributed by atoms with E-state index in [0.717, 1.165) is 4.57 Å². The molecule has 1 heterocycles. The number of benzene rings is 1. The zero-order valence-corrected chi connectivity index (χ0v) is 13.6. The molecular formula is C17H17F3N2O3. The highest BCUT2D eigenvalue weighted by molar-refractivity contribution is 5.74. The molecule has 134 valence electrons. The van der Waals surface area contributed by atoms with Crippen LogP contribution in [-0.4, -0.2) is 21.7 Å². The topological polar surface area (TPSA) is 85.3 Å². The van der Waals surface area contributed by atoms with Crippen molar-refractivity contribution in [3.8, 4) is 11.1 Å². The predicted octanol–water partition coefficient (Wildman–Crippen LogP) is 2.33. The van der Waals surface area contributed by atoms with E-state index in [-0.39, 0.29) is 23.2 Å². The maximum absolute atomic E-state index is 13.3. The van der Waals surface area contributed by atoms with Gasteiger partial charge in [0.05, 0.1) is 5.56 Å². The average molecular weight is 354 g/mol. The minimum absolute atomic E-state index is 0.0635. The Kier molecular flexibility index (Phi) is 5.03. The van der Waals surface area contributed by atoms with Crippen molar-refractivity contribution in [3.05, 3.63) is 57.5 Å². The van der Waals surface area contributed by atoms with Gasteiger partial charge in [0.1, 0.15) is 6.04 Å². The van der Waals surface area contributed by atoms with Crippen LogP contribution in [0.1, 0.15) is 16.8 Å². The number of carboxylic acid groups (broad SMARTS) is 1. The number of hydrogen-bond acceptors (Lipinski definition) is 3. The quantitative estimate of drug-likeness (QED) is 0.882. The van der Waals surface area contributed by atoms with Gasteiger partial charge in [-0.2, -0.15) is 13.2 Å².